The van der Waals surface area contributed by atoms with Gasteiger partial charge in [-0.2, -0.15) is 17.9 Å². The Kier molecular flexibility index (Phi) is 5.10. The summed E-state index contributed by atoms with van der Waals surface area (Å²) in [6, 6.07) is 2.18. The van der Waals surface area contributed by atoms with Gasteiger partial charge in [0, 0.05) is 19.6 Å². The van der Waals surface area contributed by atoms with Crippen molar-refractivity contribution in [3.05, 3.63) is 0 Å². The van der Waals surface area contributed by atoms with Crippen LogP contribution in [0.2, 0.25) is 0 Å². The van der Waals surface area contributed by atoms with Crippen molar-refractivity contribution in [2.75, 3.05) is 32.0 Å². The molecule has 0 amide bonds. The molecule has 92 valence electrons. The van der Waals surface area contributed by atoms with E-state index in [-0.39, 0.29) is 11.5 Å². The Balaban J connectivity index is 2.49. The molecule has 1 rings (SSSR count). The summed E-state index contributed by atoms with van der Waals surface area (Å²) in [7, 11) is 0. The summed E-state index contributed by atoms with van der Waals surface area (Å²) in [6.45, 7) is 10.1. The van der Waals surface area contributed by atoms with Crippen molar-refractivity contribution in [2.45, 2.75) is 26.9 Å². The molecule has 16 heavy (non-hydrogen) atoms. The van der Waals surface area contributed by atoms with E-state index in [4.69, 9.17) is 10.00 Å². The largest absolute Gasteiger partial charge is 0.361 e. The van der Waals surface area contributed by atoms with Gasteiger partial charge in [0.25, 0.3) is 0 Å². The predicted octanol–water partition coefficient (Wildman–Crippen LogP) is 1.80. The van der Waals surface area contributed by atoms with Crippen molar-refractivity contribution < 1.29 is 4.74 Å². The average molecular weight is 242 g/mol. The molecule has 2 atom stereocenters. The first-order valence-electron chi connectivity index (χ1n) is 5.81. The maximum atomic E-state index is 8.84. The molecule has 0 aromatic heterocycles. The van der Waals surface area contributed by atoms with E-state index < -0.39 is 0 Å². The SMILES string of the molecule is CC(C)(C)C(CS)CN1CCOC(C#N)C1. The second kappa shape index (κ2) is 5.90. The Morgan fingerprint density at radius 2 is 2.25 bits per heavy atom. The molecule has 0 saturated carbocycles. The number of ether oxygens (including phenoxy) is 1. The standard InChI is InChI=1S/C12H22N2OS/c1-12(2,3)10(9-16)7-14-4-5-15-11(6-13)8-14/h10-11,16H,4-5,7-9H2,1-3H3. The summed E-state index contributed by atoms with van der Waals surface area (Å²) in [5.41, 5.74) is 0.266. The molecule has 0 aromatic carbocycles. The maximum absolute atomic E-state index is 8.84. The maximum Gasteiger partial charge on any atom is 0.156 e. The summed E-state index contributed by atoms with van der Waals surface area (Å²) in [6.07, 6.45) is -0.255. The number of morpholine rings is 1. The Labute approximate surface area is 104 Å². The molecule has 0 spiro atoms. The Morgan fingerprint density at radius 3 is 2.75 bits per heavy atom. The molecule has 0 radical (unpaired) electrons. The first-order chi connectivity index (χ1) is 7.47. The van der Waals surface area contributed by atoms with Gasteiger partial charge in [-0.05, 0) is 17.1 Å². The molecule has 0 aliphatic carbocycles. The van der Waals surface area contributed by atoms with E-state index in [1.54, 1.807) is 0 Å². The summed E-state index contributed by atoms with van der Waals surface area (Å²) in [4.78, 5) is 2.32. The van der Waals surface area contributed by atoms with Crippen molar-refractivity contribution in [3.8, 4) is 6.07 Å². The van der Waals surface area contributed by atoms with Gasteiger partial charge in [0.2, 0.25) is 0 Å². The van der Waals surface area contributed by atoms with Crippen LogP contribution in [0.15, 0.2) is 0 Å². The van der Waals surface area contributed by atoms with Gasteiger partial charge in [0.15, 0.2) is 6.10 Å². The van der Waals surface area contributed by atoms with Crippen LogP contribution in [0.1, 0.15) is 20.8 Å². The van der Waals surface area contributed by atoms with E-state index in [0.29, 0.717) is 12.5 Å². The van der Waals surface area contributed by atoms with Crippen LogP contribution in [-0.4, -0.2) is 43.0 Å². The third kappa shape index (κ3) is 3.97. The predicted molar refractivity (Wildman–Crippen MR) is 68.6 cm³/mol. The molecule has 4 heteroatoms. The second-order valence-electron chi connectivity index (χ2n) is 5.49. The van der Waals surface area contributed by atoms with Crippen LogP contribution >= 0.6 is 12.6 Å². The number of nitriles is 1. The van der Waals surface area contributed by atoms with Crippen LogP contribution in [0, 0.1) is 22.7 Å². The van der Waals surface area contributed by atoms with Crippen molar-refractivity contribution in [1.29, 1.82) is 5.26 Å². The van der Waals surface area contributed by atoms with Crippen molar-refractivity contribution >= 4 is 12.6 Å². The lowest BCUT2D eigenvalue weighted by molar-refractivity contribution is -0.0101. The fourth-order valence-electron chi connectivity index (χ4n) is 1.86. The van der Waals surface area contributed by atoms with Gasteiger partial charge >= 0.3 is 0 Å². The molecular weight excluding hydrogens is 220 g/mol. The van der Waals surface area contributed by atoms with E-state index in [1.807, 2.05) is 0 Å². The van der Waals surface area contributed by atoms with Crippen LogP contribution < -0.4 is 0 Å². The van der Waals surface area contributed by atoms with Crippen molar-refractivity contribution in [1.82, 2.24) is 4.90 Å². The Bertz CT molecular complexity index is 257. The normalized spacial score (nSPS) is 25.1. The molecule has 1 saturated heterocycles. The van der Waals surface area contributed by atoms with Crippen molar-refractivity contribution in [2.24, 2.45) is 11.3 Å². The van der Waals surface area contributed by atoms with E-state index >= 15 is 0 Å². The van der Waals surface area contributed by atoms with Gasteiger partial charge < -0.3 is 4.74 Å². The van der Waals surface area contributed by atoms with E-state index in [1.165, 1.54) is 0 Å². The summed E-state index contributed by atoms with van der Waals surface area (Å²) < 4.78 is 5.34. The fourth-order valence-corrected chi connectivity index (χ4v) is 2.53. The zero-order valence-corrected chi connectivity index (χ0v) is 11.3. The molecule has 1 heterocycles. The monoisotopic (exact) mass is 242 g/mol. The van der Waals surface area contributed by atoms with Crippen LogP contribution in [0.25, 0.3) is 0 Å². The van der Waals surface area contributed by atoms with Crippen LogP contribution in [0.5, 0.6) is 0 Å². The topological polar surface area (TPSA) is 36.3 Å². The molecule has 0 bridgehead atoms. The number of hydrogen-bond acceptors (Lipinski definition) is 4. The fraction of sp³-hybridized carbons (Fsp3) is 0.917. The van der Waals surface area contributed by atoms with Gasteiger partial charge in [-0.3, -0.25) is 4.90 Å². The highest BCUT2D eigenvalue weighted by atomic mass is 32.1. The second-order valence-corrected chi connectivity index (χ2v) is 5.86. The summed E-state index contributed by atoms with van der Waals surface area (Å²) in [5.74, 6) is 1.44. The third-order valence-electron chi connectivity index (χ3n) is 3.22. The number of hydrogen-bond donors (Lipinski definition) is 1. The lowest BCUT2D eigenvalue weighted by Gasteiger charge is -2.37. The smallest absolute Gasteiger partial charge is 0.156 e. The molecular formula is C12H22N2OS. The highest BCUT2D eigenvalue weighted by Gasteiger charge is 2.28. The van der Waals surface area contributed by atoms with Gasteiger partial charge in [-0.15, -0.1) is 0 Å². The van der Waals surface area contributed by atoms with Crippen LogP contribution in [-0.2, 0) is 4.74 Å². The number of rotatable bonds is 3. The molecule has 1 aliphatic heterocycles. The first kappa shape index (κ1) is 13.8. The van der Waals surface area contributed by atoms with E-state index in [2.05, 4.69) is 44.4 Å². The molecule has 3 nitrogen and oxygen atoms in total. The molecule has 0 N–H and O–H groups in total. The number of thiol groups is 1. The lowest BCUT2D eigenvalue weighted by atomic mass is 9.81. The van der Waals surface area contributed by atoms with Crippen LogP contribution in [0.4, 0.5) is 0 Å². The van der Waals surface area contributed by atoms with Gasteiger partial charge in [-0.1, -0.05) is 20.8 Å². The summed E-state index contributed by atoms with van der Waals surface area (Å²) in [5, 5.41) is 8.84. The lowest BCUT2D eigenvalue weighted by Crippen LogP contribution is -2.46. The minimum atomic E-state index is -0.255. The van der Waals surface area contributed by atoms with Crippen molar-refractivity contribution in [3.63, 3.8) is 0 Å². The zero-order chi connectivity index (χ0) is 12.2. The third-order valence-corrected chi connectivity index (χ3v) is 3.66. The minimum absolute atomic E-state index is 0.255. The van der Waals surface area contributed by atoms with Gasteiger partial charge in [0.05, 0.1) is 12.7 Å². The highest BCUT2D eigenvalue weighted by Crippen LogP contribution is 2.28. The number of nitrogens with zero attached hydrogens (tertiary/aromatic N) is 2. The quantitative estimate of drug-likeness (QED) is 0.767. The molecule has 0 aromatic rings. The van der Waals surface area contributed by atoms with Crippen LogP contribution in [0.3, 0.4) is 0 Å². The van der Waals surface area contributed by atoms with Gasteiger partial charge in [0.1, 0.15) is 0 Å². The Morgan fingerprint density at radius 1 is 1.56 bits per heavy atom. The zero-order valence-electron chi connectivity index (χ0n) is 10.4. The Hall–Kier alpha value is -0.240. The highest BCUT2D eigenvalue weighted by molar-refractivity contribution is 7.80. The summed E-state index contributed by atoms with van der Waals surface area (Å²) >= 11 is 4.43. The van der Waals surface area contributed by atoms with E-state index in [0.717, 1.165) is 25.4 Å². The molecule has 1 aliphatic rings. The first-order valence-corrected chi connectivity index (χ1v) is 6.45. The minimum Gasteiger partial charge on any atom is -0.361 e. The molecule has 2 unspecified atom stereocenters. The average Bonchev–Trinajstić information content (AvgIpc) is 2.24. The van der Waals surface area contributed by atoms with Gasteiger partial charge in [-0.25, -0.2) is 0 Å². The molecule has 1 fully saturated rings. The van der Waals surface area contributed by atoms with E-state index in [9.17, 15) is 0 Å².